The average molecular weight is 302 g/mol. The van der Waals surface area contributed by atoms with E-state index in [2.05, 4.69) is 10.5 Å². The SMILES string of the molecule is COC(=O)[C@H](NC(=O)Cc1c(C)noc1C)c1ccccc1. The van der Waals surface area contributed by atoms with E-state index < -0.39 is 12.0 Å². The van der Waals surface area contributed by atoms with Gasteiger partial charge in [-0.3, -0.25) is 4.79 Å². The van der Waals surface area contributed by atoms with Crippen molar-refractivity contribution in [3.63, 3.8) is 0 Å². The highest BCUT2D eigenvalue weighted by Crippen LogP contribution is 2.16. The predicted octanol–water partition coefficient (Wildman–Crippen LogP) is 1.86. The molecule has 1 atom stereocenters. The number of ether oxygens (including phenoxy) is 1. The first-order chi connectivity index (χ1) is 10.5. The molecular formula is C16H18N2O4. The van der Waals surface area contributed by atoms with Gasteiger partial charge in [0.05, 0.1) is 19.2 Å². The van der Waals surface area contributed by atoms with Crippen LogP contribution in [0.5, 0.6) is 0 Å². The number of rotatable bonds is 5. The second-order valence-corrected chi connectivity index (χ2v) is 4.91. The van der Waals surface area contributed by atoms with Crippen molar-refractivity contribution in [1.82, 2.24) is 10.5 Å². The van der Waals surface area contributed by atoms with Gasteiger partial charge in [-0.25, -0.2) is 4.79 Å². The van der Waals surface area contributed by atoms with Crippen LogP contribution >= 0.6 is 0 Å². The normalized spacial score (nSPS) is 11.8. The topological polar surface area (TPSA) is 81.4 Å². The monoisotopic (exact) mass is 302 g/mol. The highest BCUT2D eigenvalue weighted by atomic mass is 16.5. The minimum Gasteiger partial charge on any atom is -0.467 e. The molecule has 1 amide bonds. The van der Waals surface area contributed by atoms with E-state index >= 15 is 0 Å². The third kappa shape index (κ3) is 3.52. The molecule has 0 bridgehead atoms. The molecule has 0 saturated carbocycles. The molecule has 1 aromatic carbocycles. The maximum atomic E-state index is 12.2. The summed E-state index contributed by atoms with van der Waals surface area (Å²) in [6, 6.07) is 8.12. The Labute approximate surface area is 128 Å². The first-order valence-corrected chi connectivity index (χ1v) is 6.86. The second kappa shape index (κ2) is 6.89. The summed E-state index contributed by atoms with van der Waals surface area (Å²) in [7, 11) is 1.29. The van der Waals surface area contributed by atoms with Gasteiger partial charge in [-0.15, -0.1) is 0 Å². The van der Waals surface area contributed by atoms with Crippen molar-refractivity contribution in [1.29, 1.82) is 0 Å². The summed E-state index contributed by atoms with van der Waals surface area (Å²) in [5, 5.41) is 6.50. The van der Waals surface area contributed by atoms with E-state index in [1.807, 2.05) is 6.07 Å². The highest BCUT2D eigenvalue weighted by molar-refractivity contribution is 5.86. The first kappa shape index (κ1) is 15.8. The Kier molecular flexibility index (Phi) is 4.93. The van der Waals surface area contributed by atoms with Gasteiger partial charge >= 0.3 is 5.97 Å². The molecule has 0 fully saturated rings. The number of aromatic nitrogens is 1. The van der Waals surface area contributed by atoms with Gasteiger partial charge in [0.15, 0.2) is 6.04 Å². The molecule has 6 heteroatoms. The van der Waals surface area contributed by atoms with E-state index in [0.717, 1.165) is 5.56 Å². The van der Waals surface area contributed by atoms with E-state index in [-0.39, 0.29) is 12.3 Å². The summed E-state index contributed by atoms with van der Waals surface area (Å²) in [6.07, 6.45) is 0.0987. The molecule has 1 heterocycles. The minimum absolute atomic E-state index is 0.0987. The number of esters is 1. The Morgan fingerprint density at radius 3 is 2.50 bits per heavy atom. The van der Waals surface area contributed by atoms with Crippen molar-refractivity contribution >= 4 is 11.9 Å². The maximum absolute atomic E-state index is 12.2. The van der Waals surface area contributed by atoms with Gasteiger partial charge in [-0.1, -0.05) is 35.5 Å². The minimum atomic E-state index is -0.834. The van der Waals surface area contributed by atoms with E-state index in [4.69, 9.17) is 9.26 Å². The maximum Gasteiger partial charge on any atom is 0.333 e. The zero-order chi connectivity index (χ0) is 16.1. The summed E-state index contributed by atoms with van der Waals surface area (Å²) >= 11 is 0. The Bertz CT molecular complexity index is 645. The van der Waals surface area contributed by atoms with E-state index in [1.54, 1.807) is 38.1 Å². The Balaban J connectivity index is 2.14. The van der Waals surface area contributed by atoms with Gasteiger partial charge in [-0.05, 0) is 19.4 Å². The lowest BCUT2D eigenvalue weighted by molar-refractivity contribution is -0.145. The quantitative estimate of drug-likeness (QED) is 0.853. The van der Waals surface area contributed by atoms with Gasteiger partial charge < -0.3 is 14.6 Å². The van der Waals surface area contributed by atoms with Crippen molar-refractivity contribution in [3.8, 4) is 0 Å². The molecule has 1 N–H and O–H groups in total. The molecule has 0 radical (unpaired) electrons. The largest absolute Gasteiger partial charge is 0.467 e. The van der Waals surface area contributed by atoms with Crippen LogP contribution in [0.2, 0.25) is 0 Å². The summed E-state index contributed by atoms with van der Waals surface area (Å²) < 4.78 is 9.80. The molecule has 2 rings (SSSR count). The number of nitrogens with one attached hydrogen (secondary N) is 1. The van der Waals surface area contributed by atoms with Gasteiger partial charge in [0.2, 0.25) is 5.91 Å². The molecule has 1 aromatic heterocycles. The van der Waals surface area contributed by atoms with Gasteiger partial charge in [0.25, 0.3) is 0 Å². The number of hydrogen-bond donors (Lipinski definition) is 1. The fourth-order valence-corrected chi connectivity index (χ4v) is 2.17. The van der Waals surface area contributed by atoms with Crippen molar-refractivity contribution in [3.05, 3.63) is 52.9 Å². The Morgan fingerprint density at radius 1 is 1.27 bits per heavy atom. The van der Waals surface area contributed by atoms with E-state index in [9.17, 15) is 9.59 Å². The summed E-state index contributed by atoms with van der Waals surface area (Å²) in [5.74, 6) is -0.214. The fraction of sp³-hybridized carbons (Fsp3) is 0.312. The van der Waals surface area contributed by atoms with Crippen LogP contribution in [0.3, 0.4) is 0 Å². The van der Waals surface area contributed by atoms with E-state index in [0.29, 0.717) is 17.0 Å². The number of benzene rings is 1. The van der Waals surface area contributed by atoms with Gasteiger partial charge in [0.1, 0.15) is 5.76 Å². The molecule has 22 heavy (non-hydrogen) atoms. The summed E-state index contributed by atoms with van der Waals surface area (Å²) in [4.78, 5) is 24.1. The van der Waals surface area contributed by atoms with Crippen LogP contribution in [-0.4, -0.2) is 24.1 Å². The van der Waals surface area contributed by atoms with Crippen LogP contribution in [0.4, 0.5) is 0 Å². The van der Waals surface area contributed by atoms with Gasteiger partial charge in [0, 0.05) is 5.56 Å². The number of aryl methyl sites for hydroxylation is 2. The van der Waals surface area contributed by atoms with Crippen molar-refractivity contribution in [2.45, 2.75) is 26.3 Å². The van der Waals surface area contributed by atoms with E-state index in [1.165, 1.54) is 7.11 Å². The second-order valence-electron chi connectivity index (χ2n) is 4.91. The lowest BCUT2D eigenvalue weighted by Gasteiger charge is -2.16. The molecule has 0 aliphatic rings. The first-order valence-electron chi connectivity index (χ1n) is 6.86. The summed E-state index contributed by atoms with van der Waals surface area (Å²) in [6.45, 7) is 3.52. The molecule has 0 saturated heterocycles. The Hall–Kier alpha value is -2.63. The van der Waals surface area contributed by atoms with Crippen molar-refractivity contribution in [2.75, 3.05) is 7.11 Å². The van der Waals surface area contributed by atoms with Crippen molar-refractivity contribution < 1.29 is 18.8 Å². The third-order valence-electron chi connectivity index (χ3n) is 3.39. The van der Waals surface area contributed by atoms with Crippen LogP contribution in [-0.2, 0) is 20.7 Å². The Morgan fingerprint density at radius 2 is 1.95 bits per heavy atom. The number of amides is 1. The predicted molar refractivity (Wildman–Crippen MR) is 79.0 cm³/mol. The lowest BCUT2D eigenvalue weighted by atomic mass is 10.1. The number of carbonyl (C=O) groups excluding carboxylic acids is 2. The van der Waals surface area contributed by atoms with Crippen LogP contribution in [0.15, 0.2) is 34.9 Å². The van der Waals surface area contributed by atoms with Crippen molar-refractivity contribution in [2.24, 2.45) is 0 Å². The molecule has 0 unspecified atom stereocenters. The number of carbonyl (C=O) groups is 2. The number of hydrogen-bond acceptors (Lipinski definition) is 5. The summed E-state index contributed by atoms with van der Waals surface area (Å²) in [5.41, 5.74) is 2.07. The average Bonchev–Trinajstić information content (AvgIpc) is 2.84. The molecule has 2 aromatic rings. The van der Waals surface area contributed by atoms with Crippen LogP contribution in [0.25, 0.3) is 0 Å². The van der Waals surface area contributed by atoms with Gasteiger partial charge in [-0.2, -0.15) is 0 Å². The molecule has 116 valence electrons. The fourth-order valence-electron chi connectivity index (χ4n) is 2.17. The molecule has 0 aliphatic heterocycles. The molecule has 0 aliphatic carbocycles. The third-order valence-corrected chi connectivity index (χ3v) is 3.39. The van der Waals surface area contributed by atoms with Crippen LogP contribution < -0.4 is 5.32 Å². The number of nitrogens with zero attached hydrogens (tertiary/aromatic N) is 1. The zero-order valence-corrected chi connectivity index (χ0v) is 12.8. The van der Waals surface area contributed by atoms with Crippen LogP contribution in [0.1, 0.15) is 28.6 Å². The number of methoxy groups -OCH3 is 1. The molecule has 6 nitrogen and oxygen atoms in total. The zero-order valence-electron chi connectivity index (χ0n) is 12.8. The molecular weight excluding hydrogens is 284 g/mol. The smallest absolute Gasteiger partial charge is 0.333 e. The van der Waals surface area contributed by atoms with Crippen LogP contribution in [0, 0.1) is 13.8 Å². The molecule has 0 spiro atoms. The highest BCUT2D eigenvalue weighted by Gasteiger charge is 2.24. The standard InChI is InChI=1S/C16H18N2O4/c1-10-13(11(2)22-18-10)9-14(19)17-15(16(20)21-3)12-7-5-4-6-8-12/h4-8,15H,9H2,1-3H3,(H,17,19)/t15-/m1/s1. The lowest BCUT2D eigenvalue weighted by Crippen LogP contribution is -2.35.